The van der Waals surface area contributed by atoms with Crippen LogP contribution in [-0.2, 0) is 4.74 Å². The van der Waals surface area contributed by atoms with Gasteiger partial charge in [-0.25, -0.2) is 8.78 Å². The fraction of sp³-hybridized carbons (Fsp3) is 0.316. The number of hydrogen-bond donors (Lipinski definition) is 2. The quantitative estimate of drug-likeness (QED) is 0.721. The van der Waals surface area contributed by atoms with E-state index >= 15 is 0 Å². The lowest BCUT2D eigenvalue weighted by atomic mass is 9.98. The van der Waals surface area contributed by atoms with Gasteiger partial charge in [-0.15, -0.1) is 0 Å². The van der Waals surface area contributed by atoms with Crippen LogP contribution in [0.5, 0.6) is 0 Å². The van der Waals surface area contributed by atoms with E-state index in [0.29, 0.717) is 42.9 Å². The molecule has 0 aliphatic heterocycles. The summed E-state index contributed by atoms with van der Waals surface area (Å²) in [4.78, 5) is 12.1. The highest BCUT2D eigenvalue weighted by Crippen LogP contribution is 2.27. The van der Waals surface area contributed by atoms with E-state index in [-0.39, 0.29) is 17.3 Å². The monoisotopic (exact) mass is 348 g/mol. The summed E-state index contributed by atoms with van der Waals surface area (Å²) in [6.07, 6.45) is 0. The Hall–Kier alpha value is -2.31. The third-order valence-corrected chi connectivity index (χ3v) is 3.78. The van der Waals surface area contributed by atoms with Crippen molar-refractivity contribution >= 4 is 5.91 Å². The fourth-order valence-electron chi connectivity index (χ4n) is 2.47. The predicted octanol–water partition coefficient (Wildman–Crippen LogP) is 2.91. The second-order valence-corrected chi connectivity index (χ2v) is 5.65. The highest BCUT2D eigenvalue weighted by atomic mass is 19.1. The standard InChI is InChI=1S/C19H22F2N2O2/c1-13-11-15(20)4-6-16(13)17-5-3-14(12-18(17)21)19(24)23-8-7-22-9-10-25-2/h3-6,11-12,22H,7-10H2,1-2H3,(H,23,24). The van der Waals surface area contributed by atoms with Crippen molar-refractivity contribution in [1.29, 1.82) is 0 Å². The number of carbonyl (C=O) groups is 1. The minimum Gasteiger partial charge on any atom is -0.383 e. The van der Waals surface area contributed by atoms with E-state index in [9.17, 15) is 13.6 Å². The van der Waals surface area contributed by atoms with Crippen molar-refractivity contribution in [2.45, 2.75) is 6.92 Å². The molecule has 134 valence electrons. The van der Waals surface area contributed by atoms with Gasteiger partial charge in [-0.3, -0.25) is 4.79 Å². The zero-order chi connectivity index (χ0) is 18.2. The molecule has 0 saturated heterocycles. The van der Waals surface area contributed by atoms with Crippen LogP contribution in [0, 0.1) is 18.6 Å². The van der Waals surface area contributed by atoms with Gasteiger partial charge in [-0.05, 0) is 42.3 Å². The Labute approximate surface area is 146 Å². The van der Waals surface area contributed by atoms with E-state index < -0.39 is 5.82 Å². The Bertz CT molecular complexity index is 735. The molecule has 0 atom stereocenters. The number of aryl methyl sites for hydroxylation is 1. The van der Waals surface area contributed by atoms with Gasteiger partial charge in [0.25, 0.3) is 5.91 Å². The number of carbonyl (C=O) groups excluding carboxylic acids is 1. The molecule has 0 aliphatic rings. The summed E-state index contributed by atoms with van der Waals surface area (Å²) in [6.45, 7) is 4.05. The molecule has 0 radical (unpaired) electrons. The molecule has 0 aromatic heterocycles. The largest absolute Gasteiger partial charge is 0.383 e. The highest BCUT2D eigenvalue weighted by Gasteiger charge is 2.12. The van der Waals surface area contributed by atoms with Crippen LogP contribution in [0.3, 0.4) is 0 Å². The van der Waals surface area contributed by atoms with Crippen molar-refractivity contribution in [3.63, 3.8) is 0 Å². The van der Waals surface area contributed by atoms with Gasteiger partial charge in [-0.1, -0.05) is 12.1 Å². The number of methoxy groups -OCH3 is 1. The van der Waals surface area contributed by atoms with E-state index in [4.69, 9.17) is 4.74 Å². The summed E-state index contributed by atoms with van der Waals surface area (Å²) in [5.41, 5.74) is 1.83. The molecular formula is C19H22F2N2O2. The summed E-state index contributed by atoms with van der Waals surface area (Å²) in [7, 11) is 1.62. The molecule has 2 aromatic carbocycles. The minimum absolute atomic E-state index is 0.248. The SMILES string of the molecule is COCCNCCNC(=O)c1ccc(-c2ccc(F)cc2C)c(F)c1. The molecule has 4 nitrogen and oxygen atoms in total. The molecule has 0 unspecified atom stereocenters. The zero-order valence-electron chi connectivity index (χ0n) is 14.4. The number of nitrogens with one attached hydrogen (secondary N) is 2. The topological polar surface area (TPSA) is 50.4 Å². The van der Waals surface area contributed by atoms with E-state index in [2.05, 4.69) is 10.6 Å². The van der Waals surface area contributed by atoms with Crippen LogP contribution in [-0.4, -0.2) is 39.3 Å². The molecule has 0 aliphatic carbocycles. The molecule has 25 heavy (non-hydrogen) atoms. The van der Waals surface area contributed by atoms with Crippen LogP contribution >= 0.6 is 0 Å². The Balaban J connectivity index is 2.00. The van der Waals surface area contributed by atoms with Crippen molar-refractivity contribution in [2.75, 3.05) is 33.4 Å². The minimum atomic E-state index is -0.513. The molecule has 0 fully saturated rings. The summed E-state index contributed by atoms with van der Waals surface area (Å²) < 4.78 is 32.5. The Morgan fingerprint density at radius 1 is 1.04 bits per heavy atom. The van der Waals surface area contributed by atoms with Crippen molar-refractivity contribution in [3.8, 4) is 11.1 Å². The Morgan fingerprint density at radius 2 is 1.80 bits per heavy atom. The van der Waals surface area contributed by atoms with Crippen LogP contribution in [0.1, 0.15) is 15.9 Å². The van der Waals surface area contributed by atoms with E-state index in [1.165, 1.54) is 24.3 Å². The highest BCUT2D eigenvalue weighted by molar-refractivity contribution is 5.94. The van der Waals surface area contributed by atoms with Crippen LogP contribution in [0.25, 0.3) is 11.1 Å². The smallest absolute Gasteiger partial charge is 0.251 e. The van der Waals surface area contributed by atoms with E-state index in [0.717, 1.165) is 0 Å². The molecular weight excluding hydrogens is 326 g/mol. The van der Waals surface area contributed by atoms with Gasteiger partial charge >= 0.3 is 0 Å². The normalized spacial score (nSPS) is 10.7. The molecule has 0 bridgehead atoms. The molecule has 6 heteroatoms. The number of amides is 1. The van der Waals surface area contributed by atoms with Gasteiger partial charge in [0.15, 0.2) is 0 Å². The van der Waals surface area contributed by atoms with E-state index in [1.807, 2.05) is 0 Å². The summed E-state index contributed by atoms with van der Waals surface area (Å²) in [6, 6.07) is 8.49. The average molecular weight is 348 g/mol. The second-order valence-electron chi connectivity index (χ2n) is 5.65. The van der Waals surface area contributed by atoms with Crippen molar-refractivity contribution < 1.29 is 18.3 Å². The molecule has 2 aromatic rings. The first kappa shape index (κ1) is 19.0. The second kappa shape index (κ2) is 9.25. The summed E-state index contributed by atoms with van der Waals surface area (Å²) >= 11 is 0. The van der Waals surface area contributed by atoms with Crippen molar-refractivity contribution in [3.05, 3.63) is 59.2 Å². The maximum atomic E-state index is 14.4. The Kier molecular flexibility index (Phi) is 7.03. The number of ether oxygens (including phenoxy) is 1. The van der Waals surface area contributed by atoms with Gasteiger partial charge in [0, 0.05) is 37.9 Å². The molecule has 1 amide bonds. The summed E-state index contributed by atoms with van der Waals surface area (Å²) in [5, 5.41) is 5.82. The maximum Gasteiger partial charge on any atom is 0.251 e. The fourth-order valence-corrected chi connectivity index (χ4v) is 2.47. The van der Waals surface area contributed by atoms with Crippen LogP contribution in [0.2, 0.25) is 0 Å². The van der Waals surface area contributed by atoms with Gasteiger partial charge in [0.2, 0.25) is 0 Å². The molecule has 0 spiro atoms. The number of hydrogen-bond acceptors (Lipinski definition) is 3. The lowest BCUT2D eigenvalue weighted by Gasteiger charge is -2.10. The molecule has 0 heterocycles. The van der Waals surface area contributed by atoms with Gasteiger partial charge in [0.1, 0.15) is 11.6 Å². The zero-order valence-corrected chi connectivity index (χ0v) is 14.4. The van der Waals surface area contributed by atoms with Gasteiger partial charge in [-0.2, -0.15) is 0 Å². The van der Waals surface area contributed by atoms with Crippen molar-refractivity contribution in [1.82, 2.24) is 10.6 Å². The number of benzene rings is 2. The Morgan fingerprint density at radius 3 is 2.48 bits per heavy atom. The van der Waals surface area contributed by atoms with E-state index in [1.54, 1.807) is 26.2 Å². The third-order valence-electron chi connectivity index (χ3n) is 3.78. The number of halogens is 2. The number of rotatable bonds is 8. The van der Waals surface area contributed by atoms with Crippen LogP contribution < -0.4 is 10.6 Å². The first-order valence-electron chi connectivity index (χ1n) is 8.07. The molecule has 2 rings (SSSR count). The lowest BCUT2D eigenvalue weighted by Crippen LogP contribution is -2.33. The average Bonchev–Trinajstić information content (AvgIpc) is 2.58. The predicted molar refractivity (Wildman–Crippen MR) is 93.6 cm³/mol. The lowest BCUT2D eigenvalue weighted by molar-refractivity contribution is 0.0953. The summed E-state index contributed by atoms with van der Waals surface area (Å²) in [5.74, 6) is -1.22. The third kappa shape index (κ3) is 5.34. The first-order chi connectivity index (χ1) is 12.0. The first-order valence-corrected chi connectivity index (χ1v) is 8.07. The molecule has 2 N–H and O–H groups in total. The van der Waals surface area contributed by atoms with Crippen LogP contribution in [0.4, 0.5) is 8.78 Å². The van der Waals surface area contributed by atoms with Crippen molar-refractivity contribution in [2.24, 2.45) is 0 Å². The molecule has 0 saturated carbocycles. The van der Waals surface area contributed by atoms with Crippen LogP contribution in [0.15, 0.2) is 36.4 Å². The maximum absolute atomic E-state index is 14.4. The van der Waals surface area contributed by atoms with Gasteiger partial charge in [0.05, 0.1) is 6.61 Å². The van der Waals surface area contributed by atoms with Gasteiger partial charge < -0.3 is 15.4 Å².